The zero-order chi connectivity index (χ0) is 18.8. The van der Waals surface area contributed by atoms with E-state index in [1.807, 2.05) is 60.7 Å². The number of alkyl halides is 3. The maximum absolute atomic E-state index is 14.5. The Balaban J connectivity index is 0.00000261. The molecule has 3 rings (SSSR count). The second kappa shape index (κ2) is 8.03. The molecule has 2 nitrogen and oxygen atoms in total. The fourth-order valence-corrected chi connectivity index (χ4v) is 4.14. The van der Waals surface area contributed by atoms with E-state index in [-0.39, 0.29) is 25.7 Å². The van der Waals surface area contributed by atoms with E-state index in [9.17, 15) is 13.2 Å². The van der Waals surface area contributed by atoms with E-state index in [0.717, 1.165) is 11.1 Å². The van der Waals surface area contributed by atoms with Crippen LogP contribution in [-0.4, -0.2) is 35.1 Å². The summed E-state index contributed by atoms with van der Waals surface area (Å²) in [6, 6.07) is 19.3. The summed E-state index contributed by atoms with van der Waals surface area (Å²) in [5.41, 5.74) is -0.320. The number of benzene rings is 2. The Kier molecular flexibility index (Phi) is 6.38. The van der Waals surface area contributed by atoms with Crippen molar-refractivity contribution in [2.24, 2.45) is 0 Å². The molecule has 0 unspecified atom stereocenters. The molecule has 148 valence electrons. The molecule has 0 aromatic heterocycles. The van der Waals surface area contributed by atoms with Gasteiger partial charge in [0.15, 0.2) is 0 Å². The summed E-state index contributed by atoms with van der Waals surface area (Å²) in [5.74, 6) is -2.81. The van der Waals surface area contributed by atoms with E-state index < -0.39 is 17.1 Å². The van der Waals surface area contributed by atoms with Gasteiger partial charge in [-0.3, -0.25) is 4.90 Å². The first kappa shape index (κ1) is 21.5. The molecule has 0 bridgehead atoms. The zero-order valence-corrected chi connectivity index (χ0v) is 16.1. The third-order valence-corrected chi connectivity index (χ3v) is 5.00. The van der Waals surface area contributed by atoms with Gasteiger partial charge in [-0.1, -0.05) is 60.7 Å². The lowest BCUT2D eigenvalue weighted by molar-refractivity contribution is 0.00732. The van der Waals surface area contributed by atoms with Crippen LogP contribution < -0.4 is 6.15 Å². The molecule has 2 aromatic carbocycles. The van der Waals surface area contributed by atoms with Crippen LogP contribution in [0.3, 0.4) is 0 Å². The van der Waals surface area contributed by atoms with Crippen LogP contribution in [0.15, 0.2) is 60.7 Å². The van der Waals surface area contributed by atoms with Crippen molar-refractivity contribution in [3.63, 3.8) is 0 Å². The molecule has 0 saturated carbocycles. The van der Waals surface area contributed by atoms with Gasteiger partial charge in [0, 0.05) is 18.5 Å². The number of halogens is 3. The van der Waals surface area contributed by atoms with Crippen molar-refractivity contribution in [1.29, 1.82) is 0 Å². The monoisotopic (exact) mass is 378 g/mol. The molecule has 0 atom stereocenters. The third-order valence-electron chi connectivity index (χ3n) is 5.00. The first-order chi connectivity index (χ1) is 12.2. The van der Waals surface area contributed by atoms with Crippen LogP contribution in [-0.2, 0) is 12.8 Å². The van der Waals surface area contributed by atoms with Crippen molar-refractivity contribution in [2.45, 2.75) is 50.2 Å². The Morgan fingerprint density at radius 2 is 1.33 bits per heavy atom. The molecule has 5 heteroatoms. The molecule has 1 saturated heterocycles. The van der Waals surface area contributed by atoms with Crippen LogP contribution in [0.4, 0.5) is 13.2 Å². The Hall–Kier alpha value is -1.85. The van der Waals surface area contributed by atoms with Crippen molar-refractivity contribution in [1.82, 2.24) is 11.1 Å². The van der Waals surface area contributed by atoms with Gasteiger partial charge in [-0.2, -0.15) is 0 Å². The number of hydrogen-bond donors (Lipinski definition) is 1. The Labute approximate surface area is 160 Å². The summed E-state index contributed by atoms with van der Waals surface area (Å²) in [7, 11) is 0. The van der Waals surface area contributed by atoms with E-state index in [1.54, 1.807) is 4.90 Å². The number of rotatable bonds is 6. The van der Waals surface area contributed by atoms with Gasteiger partial charge < -0.3 is 6.15 Å². The lowest BCUT2D eigenvalue weighted by Gasteiger charge is -2.40. The molecule has 2 aromatic rings. The SMILES string of the molecule is CC(C)(F)CN1CC(F)(F)CC1(Cc1ccccc1)Cc1ccccc1.N. The first-order valence-corrected chi connectivity index (χ1v) is 9.07. The Morgan fingerprint density at radius 1 is 0.889 bits per heavy atom. The van der Waals surface area contributed by atoms with E-state index in [0.29, 0.717) is 12.8 Å². The molecule has 0 aliphatic carbocycles. The van der Waals surface area contributed by atoms with Gasteiger partial charge in [0.25, 0.3) is 5.92 Å². The van der Waals surface area contributed by atoms with Gasteiger partial charge in [0.2, 0.25) is 0 Å². The van der Waals surface area contributed by atoms with E-state index >= 15 is 0 Å². The molecule has 27 heavy (non-hydrogen) atoms. The first-order valence-electron chi connectivity index (χ1n) is 9.07. The quantitative estimate of drug-likeness (QED) is 0.725. The van der Waals surface area contributed by atoms with Crippen LogP contribution in [0.5, 0.6) is 0 Å². The van der Waals surface area contributed by atoms with Crippen molar-refractivity contribution in [2.75, 3.05) is 13.1 Å². The maximum atomic E-state index is 14.5. The van der Waals surface area contributed by atoms with Crippen molar-refractivity contribution in [3.8, 4) is 0 Å². The molecular formula is C22H29F3N2. The van der Waals surface area contributed by atoms with Crippen molar-refractivity contribution >= 4 is 0 Å². The topological polar surface area (TPSA) is 38.2 Å². The van der Waals surface area contributed by atoms with E-state index in [2.05, 4.69) is 0 Å². The molecule has 1 fully saturated rings. The van der Waals surface area contributed by atoms with Crippen LogP contribution in [0.25, 0.3) is 0 Å². The predicted molar refractivity (Wildman–Crippen MR) is 104 cm³/mol. The molecule has 1 aliphatic heterocycles. The summed E-state index contributed by atoms with van der Waals surface area (Å²) in [6.07, 6.45) is 0.711. The average Bonchev–Trinajstić information content (AvgIpc) is 2.77. The zero-order valence-electron chi connectivity index (χ0n) is 16.1. The highest BCUT2D eigenvalue weighted by molar-refractivity contribution is 5.25. The molecule has 0 amide bonds. The Bertz CT molecular complexity index is 670. The van der Waals surface area contributed by atoms with Gasteiger partial charge in [0.05, 0.1) is 6.54 Å². The van der Waals surface area contributed by atoms with Crippen molar-refractivity contribution < 1.29 is 13.2 Å². The molecule has 0 spiro atoms. The molecule has 0 radical (unpaired) electrons. The van der Waals surface area contributed by atoms with E-state index in [4.69, 9.17) is 0 Å². The number of nitrogens with zero attached hydrogens (tertiary/aromatic N) is 1. The standard InChI is InChI=1S/C22H26F3N.H3N/c1-20(2,23)16-26-17-22(24,25)15-21(26,13-18-9-5-3-6-10-18)14-19-11-7-4-8-12-19;/h3-12H,13-17H2,1-2H3;1H3. The van der Waals surface area contributed by atoms with Gasteiger partial charge >= 0.3 is 0 Å². The number of hydrogen-bond acceptors (Lipinski definition) is 2. The van der Waals surface area contributed by atoms with Gasteiger partial charge in [-0.05, 0) is 37.8 Å². The molecular weight excluding hydrogens is 349 g/mol. The smallest absolute Gasteiger partial charge is 0.262 e. The lowest BCUT2D eigenvalue weighted by Crippen LogP contribution is -2.51. The fourth-order valence-electron chi connectivity index (χ4n) is 4.14. The van der Waals surface area contributed by atoms with Crippen molar-refractivity contribution in [3.05, 3.63) is 71.8 Å². The van der Waals surface area contributed by atoms with Crippen LogP contribution >= 0.6 is 0 Å². The normalized spacial score (nSPS) is 18.9. The lowest BCUT2D eigenvalue weighted by atomic mass is 9.81. The molecule has 1 heterocycles. The second-order valence-corrected chi connectivity index (χ2v) is 8.16. The van der Waals surface area contributed by atoms with E-state index in [1.165, 1.54) is 13.8 Å². The van der Waals surface area contributed by atoms with Gasteiger partial charge in [-0.15, -0.1) is 0 Å². The summed E-state index contributed by atoms with van der Waals surface area (Å²) >= 11 is 0. The maximum Gasteiger partial charge on any atom is 0.262 e. The van der Waals surface area contributed by atoms with Crippen LogP contribution in [0, 0.1) is 0 Å². The predicted octanol–water partition coefficient (Wildman–Crippen LogP) is 5.46. The van der Waals surface area contributed by atoms with Crippen LogP contribution in [0.2, 0.25) is 0 Å². The average molecular weight is 378 g/mol. The summed E-state index contributed by atoms with van der Waals surface area (Å²) in [5, 5.41) is 0. The summed E-state index contributed by atoms with van der Waals surface area (Å²) in [4.78, 5) is 1.69. The summed E-state index contributed by atoms with van der Waals surface area (Å²) < 4.78 is 43.4. The third kappa shape index (κ3) is 5.56. The largest absolute Gasteiger partial charge is 0.344 e. The molecule has 1 aliphatic rings. The fraction of sp³-hybridized carbons (Fsp3) is 0.455. The highest BCUT2D eigenvalue weighted by Crippen LogP contribution is 2.44. The summed E-state index contributed by atoms with van der Waals surface area (Å²) in [6.45, 7) is 2.53. The highest BCUT2D eigenvalue weighted by atomic mass is 19.3. The minimum Gasteiger partial charge on any atom is -0.344 e. The number of likely N-dealkylation sites (tertiary alicyclic amines) is 1. The van der Waals surface area contributed by atoms with Gasteiger partial charge in [-0.25, -0.2) is 13.2 Å². The second-order valence-electron chi connectivity index (χ2n) is 8.16. The highest BCUT2D eigenvalue weighted by Gasteiger charge is 2.55. The minimum absolute atomic E-state index is 0. The molecule has 3 N–H and O–H groups in total. The minimum atomic E-state index is -2.81. The van der Waals surface area contributed by atoms with Gasteiger partial charge in [0.1, 0.15) is 5.67 Å². The van der Waals surface area contributed by atoms with Crippen LogP contribution in [0.1, 0.15) is 31.4 Å². The Morgan fingerprint density at radius 3 is 1.74 bits per heavy atom.